The molecular weight excluding hydrogens is 246 g/mol. The van der Waals surface area contributed by atoms with Gasteiger partial charge in [-0.2, -0.15) is 11.8 Å². The minimum absolute atomic E-state index is 0.116. The molecule has 0 radical (unpaired) electrons. The second kappa shape index (κ2) is 8.86. The Morgan fingerprint density at radius 1 is 1.28 bits per heavy atom. The van der Waals surface area contributed by atoms with E-state index in [1.807, 2.05) is 11.8 Å². The molecule has 1 rings (SSSR count). The van der Waals surface area contributed by atoms with Crippen molar-refractivity contribution in [3.8, 4) is 5.75 Å². The molecule has 0 aliphatic carbocycles. The normalized spacial score (nSPS) is 10.3. The number of phenols is 1. The van der Waals surface area contributed by atoms with Crippen LogP contribution in [0.1, 0.15) is 36.0 Å². The van der Waals surface area contributed by atoms with E-state index in [-0.39, 0.29) is 11.7 Å². The molecule has 1 aromatic carbocycles. The highest BCUT2D eigenvalue weighted by molar-refractivity contribution is 7.98. The van der Waals surface area contributed by atoms with Gasteiger partial charge >= 0.3 is 0 Å². The van der Waals surface area contributed by atoms with Crippen LogP contribution in [0, 0.1) is 0 Å². The molecule has 1 amide bonds. The third-order valence-corrected chi connectivity index (χ3v) is 3.37. The van der Waals surface area contributed by atoms with Crippen LogP contribution in [0.15, 0.2) is 24.3 Å². The highest BCUT2D eigenvalue weighted by atomic mass is 32.2. The summed E-state index contributed by atoms with van der Waals surface area (Å²) >= 11 is 1.88. The van der Waals surface area contributed by atoms with Gasteiger partial charge in [-0.15, -0.1) is 0 Å². The largest absolute Gasteiger partial charge is 0.508 e. The molecule has 2 N–H and O–H groups in total. The first-order valence-corrected chi connectivity index (χ1v) is 7.69. The lowest BCUT2D eigenvalue weighted by Gasteiger charge is -2.05. The minimum atomic E-state index is -0.116. The lowest BCUT2D eigenvalue weighted by Crippen LogP contribution is -2.24. The minimum Gasteiger partial charge on any atom is -0.508 e. The van der Waals surface area contributed by atoms with Crippen molar-refractivity contribution in [1.29, 1.82) is 0 Å². The van der Waals surface area contributed by atoms with Crippen molar-refractivity contribution in [2.75, 3.05) is 18.6 Å². The van der Waals surface area contributed by atoms with Crippen LogP contribution in [-0.4, -0.2) is 29.6 Å². The van der Waals surface area contributed by atoms with Gasteiger partial charge in [0.25, 0.3) is 5.91 Å². The van der Waals surface area contributed by atoms with Crippen LogP contribution in [0.3, 0.4) is 0 Å². The number of aromatic hydroxyl groups is 1. The summed E-state index contributed by atoms with van der Waals surface area (Å²) in [5.74, 6) is 1.23. The van der Waals surface area contributed by atoms with Gasteiger partial charge in [0.1, 0.15) is 5.75 Å². The van der Waals surface area contributed by atoms with Gasteiger partial charge in [-0.25, -0.2) is 0 Å². The van der Waals surface area contributed by atoms with Gasteiger partial charge in [0, 0.05) is 12.1 Å². The monoisotopic (exact) mass is 267 g/mol. The summed E-state index contributed by atoms with van der Waals surface area (Å²) in [4.78, 5) is 11.7. The lowest BCUT2D eigenvalue weighted by molar-refractivity contribution is 0.0952. The van der Waals surface area contributed by atoms with Crippen molar-refractivity contribution in [2.45, 2.75) is 25.7 Å². The van der Waals surface area contributed by atoms with Crippen LogP contribution < -0.4 is 5.32 Å². The Labute approximate surface area is 113 Å². The van der Waals surface area contributed by atoms with Crippen LogP contribution >= 0.6 is 11.8 Å². The van der Waals surface area contributed by atoms with E-state index in [2.05, 4.69) is 11.6 Å². The highest BCUT2D eigenvalue weighted by Gasteiger charge is 2.04. The quantitative estimate of drug-likeness (QED) is 0.712. The molecule has 0 bridgehead atoms. The molecule has 4 heteroatoms. The Kier molecular flexibility index (Phi) is 7.34. The van der Waals surface area contributed by atoms with Crippen molar-refractivity contribution in [2.24, 2.45) is 0 Å². The maximum Gasteiger partial charge on any atom is 0.251 e. The maximum atomic E-state index is 11.7. The number of rotatable bonds is 8. The summed E-state index contributed by atoms with van der Waals surface area (Å²) in [7, 11) is 0. The van der Waals surface area contributed by atoms with E-state index in [1.165, 1.54) is 24.7 Å². The van der Waals surface area contributed by atoms with Gasteiger partial charge in [-0.05, 0) is 43.0 Å². The van der Waals surface area contributed by atoms with Gasteiger partial charge in [0.2, 0.25) is 0 Å². The van der Waals surface area contributed by atoms with Crippen LogP contribution in [0.25, 0.3) is 0 Å². The summed E-state index contributed by atoms with van der Waals surface area (Å²) in [6.07, 6.45) is 6.76. The first-order valence-electron chi connectivity index (χ1n) is 6.30. The number of hydrogen-bond donors (Lipinski definition) is 2. The molecule has 0 saturated heterocycles. The zero-order valence-electron chi connectivity index (χ0n) is 10.8. The summed E-state index contributed by atoms with van der Waals surface area (Å²) in [6.45, 7) is 0.702. The Bertz CT molecular complexity index is 369. The molecule has 0 fully saturated rings. The first-order chi connectivity index (χ1) is 8.74. The highest BCUT2D eigenvalue weighted by Crippen LogP contribution is 2.10. The van der Waals surface area contributed by atoms with Crippen molar-refractivity contribution in [3.63, 3.8) is 0 Å². The van der Waals surface area contributed by atoms with Gasteiger partial charge in [-0.3, -0.25) is 4.79 Å². The van der Waals surface area contributed by atoms with Crippen molar-refractivity contribution in [1.82, 2.24) is 5.32 Å². The van der Waals surface area contributed by atoms with Gasteiger partial charge in [0.15, 0.2) is 0 Å². The molecule has 18 heavy (non-hydrogen) atoms. The van der Waals surface area contributed by atoms with E-state index in [0.29, 0.717) is 12.1 Å². The number of carbonyl (C=O) groups is 1. The molecule has 0 saturated carbocycles. The third-order valence-electron chi connectivity index (χ3n) is 2.67. The van der Waals surface area contributed by atoms with Gasteiger partial charge in [-0.1, -0.05) is 18.9 Å². The van der Waals surface area contributed by atoms with Crippen LogP contribution in [0.5, 0.6) is 5.75 Å². The summed E-state index contributed by atoms with van der Waals surface area (Å²) < 4.78 is 0. The zero-order chi connectivity index (χ0) is 13.2. The number of unbranched alkanes of at least 4 members (excludes halogenated alkanes) is 3. The fourth-order valence-electron chi connectivity index (χ4n) is 1.68. The first kappa shape index (κ1) is 14.9. The topological polar surface area (TPSA) is 49.3 Å². The van der Waals surface area contributed by atoms with E-state index >= 15 is 0 Å². The fraction of sp³-hybridized carbons (Fsp3) is 0.500. The Balaban J connectivity index is 2.14. The maximum absolute atomic E-state index is 11.7. The van der Waals surface area contributed by atoms with Crippen molar-refractivity contribution >= 4 is 17.7 Å². The smallest absolute Gasteiger partial charge is 0.251 e. The van der Waals surface area contributed by atoms with E-state index in [1.54, 1.807) is 18.2 Å². The number of nitrogens with one attached hydrogen (secondary N) is 1. The summed E-state index contributed by atoms with van der Waals surface area (Å²) in [5.41, 5.74) is 0.511. The molecule has 0 aromatic heterocycles. The average molecular weight is 267 g/mol. The lowest BCUT2D eigenvalue weighted by atomic mass is 10.2. The molecule has 0 aliphatic rings. The third kappa shape index (κ3) is 5.96. The summed E-state index contributed by atoms with van der Waals surface area (Å²) in [5, 5.41) is 12.1. The van der Waals surface area contributed by atoms with Gasteiger partial charge in [0.05, 0.1) is 0 Å². The number of amides is 1. The number of phenolic OH excluding ortho intramolecular Hbond substituents is 1. The van der Waals surface area contributed by atoms with Crippen LogP contribution in [0.2, 0.25) is 0 Å². The molecule has 100 valence electrons. The van der Waals surface area contributed by atoms with Crippen molar-refractivity contribution in [3.05, 3.63) is 29.8 Å². The van der Waals surface area contributed by atoms with Crippen LogP contribution in [-0.2, 0) is 0 Å². The molecule has 1 aromatic rings. The number of benzene rings is 1. The zero-order valence-corrected chi connectivity index (χ0v) is 11.6. The van der Waals surface area contributed by atoms with Crippen LogP contribution in [0.4, 0.5) is 0 Å². The SMILES string of the molecule is CSCCCCCCNC(=O)c1cccc(O)c1. The van der Waals surface area contributed by atoms with E-state index < -0.39 is 0 Å². The molecule has 0 atom stereocenters. The molecule has 0 aliphatic heterocycles. The fourth-order valence-corrected chi connectivity index (χ4v) is 2.17. The predicted molar refractivity (Wildman–Crippen MR) is 77.3 cm³/mol. The Hall–Kier alpha value is -1.16. The number of carbonyl (C=O) groups excluding carboxylic acids is 1. The molecular formula is C14H21NO2S. The Morgan fingerprint density at radius 3 is 2.78 bits per heavy atom. The second-order valence-corrected chi connectivity index (χ2v) is 5.20. The van der Waals surface area contributed by atoms with E-state index in [4.69, 9.17) is 0 Å². The molecule has 0 unspecified atom stereocenters. The van der Waals surface area contributed by atoms with Gasteiger partial charge < -0.3 is 10.4 Å². The average Bonchev–Trinajstić information content (AvgIpc) is 2.37. The predicted octanol–water partition coefficient (Wildman–Crippen LogP) is 3.05. The van der Waals surface area contributed by atoms with E-state index in [9.17, 15) is 9.90 Å². The Morgan fingerprint density at radius 2 is 2.06 bits per heavy atom. The molecule has 0 heterocycles. The van der Waals surface area contributed by atoms with Crippen molar-refractivity contribution < 1.29 is 9.90 Å². The number of thioether (sulfide) groups is 1. The summed E-state index contributed by atoms with van der Waals surface area (Å²) in [6, 6.07) is 6.41. The molecule has 3 nitrogen and oxygen atoms in total. The number of hydrogen-bond acceptors (Lipinski definition) is 3. The standard InChI is InChI=1S/C14H21NO2S/c1-18-10-5-3-2-4-9-15-14(17)12-7-6-8-13(16)11-12/h6-8,11,16H,2-5,9-10H2,1H3,(H,15,17). The van der Waals surface area contributed by atoms with E-state index in [0.717, 1.165) is 12.8 Å². The molecule has 0 spiro atoms. The second-order valence-electron chi connectivity index (χ2n) is 4.21.